The van der Waals surface area contributed by atoms with Crippen LogP contribution in [0, 0.1) is 0 Å². The molecule has 106 valence electrons. The number of anilines is 2. The van der Waals surface area contributed by atoms with Gasteiger partial charge in [0.15, 0.2) is 6.21 Å². The van der Waals surface area contributed by atoms with E-state index >= 15 is 0 Å². The summed E-state index contributed by atoms with van der Waals surface area (Å²) in [6, 6.07) is 16.7. The maximum Gasteiger partial charge on any atom is 0.165 e. The van der Waals surface area contributed by atoms with Gasteiger partial charge < -0.3 is 0 Å². The molecule has 3 rings (SSSR count). The van der Waals surface area contributed by atoms with Crippen LogP contribution in [0.25, 0.3) is 0 Å². The largest absolute Gasteiger partial charge is 0.298 e. The van der Waals surface area contributed by atoms with Gasteiger partial charge >= 0.3 is 0 Å². The van der Waals surface area contributed by atoms with Gasteiger partial charge in [-0.05, 0) is 24.3 Å². The number of para-hydroxylation sites is 2. The van der Waals surface area contributed by atoms with Crippen LogP contribution >= 0.6 is 23.4 Å². The van der Waals surface area contributed by atoms with Crippen LogP contribution in [0.15, 0.2) is 69.6 Å². The van der Waals surface area contributed by atoms with Gasteiger partial charge in [0, 0.05) is 15.9 Å². The SMILES string of the molecule is C[N+](C)=C/C=C(\Cl)N1c2ccccc2Sc2ccccc21. The Bertz CT molecular complexity index is 688. The molecule has 0 N–H and O–H groups in total. The summed E-state index contributed by atoms with van der Waals surface area (Å²) in [5.74, 6) is 0. The third-order valence-corrected chi connectivity index (χ3v) is 4.58. The topological polar surface area (TPSA) is 6.25 Å². The van der Waals surface area contributed by atoms with Crippen molar-refractivity contribution in [3.8, 4) is 0 Å². The van der Waals surface area contributed by atoms with Crippen LogP contribution in [0.2, 0.25) is 0 Å². The summed E-state index contributed by atoms with van der Waals surface area (Å²) in [7, 11) is 3.96. The minimum absolute atomic E-state index is 0.684. The van der Waals surface area contributed by atoms with Crippen molar-refractivity contribution < 1.29 is 4.58 Å². The minimum Gasteiger partial charge on any atom is -0.298 e. The maximum absolute atomic E-state index is 6.58. The van der Waals surface area contributed by atoms with Gasteiger partial charge in [-0.2, -0.15) is 0 Å². The van der Waals surface area contributed by atoms with Gasteiger partial charge in [-0.1, -0.05) is 47.6 Å². The van der Waals surface area contributed by atoms with Crippen molar-refractivity contribution in [3.63, 3.8) is 0 Å². The lowest BCUT2D eigenvalue weighted by Gasteiger charge is -2.31. The normalized spacial score (nSPS) is 13.5. The molecule has 1 heterocycles. The highest BCUT2D eigenvalue weighted by Gasteiger charge is 2.24. The van der Waals surface area contributed by atoms with E-state index in [1.54, 1.807) is 11.8 Å². The van der Waals surface area contributed by atoms with Crippen molar-refractivity contribution in [3.05, 3.63) is 59.8 Å². The first kappa shape index (κ1) is 14.2. The highest BCUT2D eigenvalue weighted by Crippen LogP contribution is 2.49. The zero-order chi connectivity index (χ0) is 14.8. The molecule has 2 aromatic carbocycles. The lowest BCUT2D eigenvalue weighted by atomic mass is 10.2. The zero-order valence-corrected chi connectivity index (χ0v) is 13.5. The van der Waals surface area contributed by atoms with E-state index in [2.05, 4.69) is 41.3 Å². The van der Waals surface area contributed by atoms with Crippen molar-refractivity contribution in [2.45, 2.75) is 9.79 Å². The molecule has 0 spiro atoms. The van der Waals surface area contributed by atoms with Gasteiger partial charge in [-0.3, -0.25) is 4.90 Å². The summed E-state index contributed by atoms with van der Waals surface area (Å²) < 4.78 is 1.97. The van der Waals surface area contributed by atoms with Gasteiger partial charge in [0.05, 0.1) is 11.4 Å². The van der Waals surface area contributed by atoms with Crippen molar-refractivity contribution in [2.75, 3.05) is 19.0 Å². The van der Waals surface area contributed by atoms with Crippen molar-refractivity contribution in [1.82, 2.24) is 0 Å². The number of rotatable bonds is 2. The summed E-state index contributed by atoms with van der Waals surface area (Å²) in [6.07, 6.45) is 3.88. The van der Waals surface area contributed by atoms with E-state index in [4.69, 9.17) is 11.6 Å². The van der Waals surface area contributed by atoms with Crippen LogP contribution in [0.3, 0.4) is 0 Å². The number of halogens is 1. The smallest absolute Gasteiger partial charge is 0.165 e. The first-order valence-electron chi connectivity index (χ1n) is 6.70. The van der Waals surface area contributed by atoms with Crippen LogP contribution in [-0.4, -0.2) is 24.9 Å². The Hall–Kier alpha value is -1.71. The lowest BCUT2D eigenvalue weighted by molar-refractivity contribution is -0.458. The first-order valence-corrected chi connectivity index (χ1v) is 7.89. The Kier molecular flexibility index (Phi) is 4.04. The van der Waals surface area contributed by atoms with E-state index in [9.17, 15) is 0 Å². The minimum atomic E-state index is 0.684. The average molecular weight is 316 g/mol. The molecule has 0 aliphatic carbocycles. The molecule has 21 heavy (non-hydrogen) atoms. The maximum atomic E-state index is 6.58. The molecule has 1 aliphatic heterocycles. The summed E-state index contributed by atoms with van der Waals surface area (Å²) in [5.41, 5.74) is 2.24. The number of fused-ring (bicyclic) bond motifs is 2. The second kappa shape index (κ2) is 5.96. The second-order valence-electron chi connectivity index (χ2n) is 4.97. The van der Waals surface area contributed by atoms with E-state index in [0.717, 1.165) is 11.4 Å². The third kappa shape index (κ3) is 2.85. The van der Waals surface area contributed by atoms with Gasteiger partial charge in [0.1, 0.15) is 19.3 Å². The summed E-state index contributed by atoms with van der Waals surface area (Å²) in [6.45, 7) is 0. The van der Waals surface area contributed by atoms with E-state index in [1.165, 1.54) is 9.79 Å². The van der Waals surface area contributed by atoms with E-state index in [1.807, 2.05) is 43.1 Å². The number of benzene rings is 2. The Balaban J connectivity index is 2.15. The monoisotopic (exact) mass is 315 g/mol. The van der Waals surface area contributed by atoms with Crippen LogP contribution in [0.5, 0.6) is 0 Å². The van der Waals surface area contributed by atoms with E-state index in [0.29, 0.717) is 5.16 Å². The molecule has 2 aromatic rings. The third-order valence-electron chi connectivity index (χ3n) is 3.16. The summed E-state index contributed by atoms with van der Waals surface area (Å²) in [4.78, 5) is 4.53. The standard InChI is InChI=1S/C17H16ClN2S/c1-19(2)12-11-17(18)20-13-7-3-5-9-15(13)21-16-10-6-4-8-14(16)20/h3-12H,1-2H3/q+1. The molecule has 0 bridgehead atoms. The van der Waals surface area contributed by atoms with Gasteiger partial charge in [-0.15, -0.1) is 0 Å². The van der Waals surface area contributed by atoms with Crippen LogP contribution in [-0.2, 0) is 0 Å². The van der Waals surface area contributed by atoms with Crippen LogP contribution in [0.1, 0.15) is 0 Å². The molecule has 0 fully saturated rings. The summed E-state index contributed by atoms with van der Waals surface area (Å²) in [5, 5.41) is 0.684. The fourth-order valence-corrected chi connectivity index (χ4v) is 3.52. The molecule has 2 nitrogen and oxygen atoms in total. The highest BCUT2D eigenvalue weighted by molar-refractivity contribution is 7.99. The summed E-state index contributed by atoms with van der Waals surface area (Å²) >= 11 is 8.36. The number of nitrogens with zero attached hydrogens (tertiary/aromatic N) is 2. The lowest BCUT2D eigenvalue weighted by Crippen LogP contribution is -2.17. The molecule has 0 saturated heterocycles. The van der Waals surface area contributed by atoms with Crippen molar-refractivity contribution >= 4 is 41.0 Å². The van der Waals surface area contributed by atoms with E-state index < -0.39 is 0 Å². The molecular weight excluding hydrogens is 300 g/mol. The fourth-order valence-electron chi connectivity index (χ4n) is 2.22. The van der Waals surface area contributed by atoms with E-state index in [-0.39, 0.29) is 0 Å². The quantitative estimate of drug-likeness (QED) is 0.450. The van der Waals surface area contributed by atoms with Gasteiger partial charge in [-0.25, -0.2) is 4.58 Å². The number of allylic oxidation sites excluding steroid dienone is 1. The molecule has 4 heteroatoms. The molecular formula is C17H16ClN2S+. The average Bonchev–Trinajstić information content (AvgIpc) is 2.50. The number of hydrogen-bond acceptors (Lipinski definition) is 2. The molecule has 1 aliphatic rings. The van der Waals surface area contributed by atoms with Gasteiger partial charge in [0.25, 0.3) is 0 Å². The molecule has 0 radical (unpaired) electrons. The molecule has 0 unspecified atom stereocenters. The Morgan fingerprint density at radius 2 is 1.52 bits per heavy atom. The molecule has 0 saturated carbocycles. The van der Waals surface area contributed by atoms with Crippen molar-refractivity contribution in [2.24, 2.45) is 0 Å². The fraction of sp³-hybridized carbons (Fsp3) is 0.118. The Morgan fingerprint density at radius 1 is 1.00 bits per heavy atom. The molecule has 0 atom stereocenters. The highest BCUT2D eigenvalue weighted by atomic mass is 35.5. The first-order chi connectivity index (χ1) is 10.2. The van der Waals surface area contributed by atoms with Crippen LogP contribution < -0.4 is 4.90 Å². The molecule has 0 amide bonds. The zero-order valence-electron chi connectivity index (χ0n) is 12.0. The van der Waals surface area contributed by atoms with Crippen LogP contribution in [0.4, 0.5) is 11.4 Å². The predicted octanol–water partition coefficient (Wildman–Crippen LogP) is 4.71. The van der Waals surface area contributed by atoms with Crippen molar-refractivity contribution in [1.29, 1.82) is 0 Å². The second-order valence-corrected chi connectivity index (χ2v) is 6.45. The predicted molar refractivity (Wildman–Crippen MR) is 91.3 cm³/mol. The Labute approximate surface area is 134 Å². The Morgan fingerprint density at radius 3 is 2.05 bits per heavy atom. The van der Waals surface area contributed by atoms with Gasteiger partial charge in [0.2, 0.25) is 0 Å². The molecule has 0 aromatic heterocycles. The number of hydrogen-bond donors (Lipinski definition) is 0.